The summed E-state index contributed by atoms with van der Waals surface area (Å²) in [6.07, 6.45) is 27.4. The standard InChI is InChI=1S/C19H34O7P2.C17H30O7P2/c1-17(2)11-8-6-5-7-9-12-18(3)13-10-14-19(4)15-16-25-28(23,24)26-27(20,21)22;1-17(2)9-3-4-15-14-7-5-12(10-13(14)6-8-16(15)17)11-23-26(21,22)24-25(18,19)20/h5,7,11,13,15H,6,8-10,12,14,16H2,1-4H3,(H,23,24)(H2,20,21,22);10-11,14-16,18-22H,3-9H2,1-2H3/q;+2/b7-5+,18-13+,19-15+;12-11-/t;14-,15?,16+/m.1/s1. The van der Waals surface area contributed by atoms with Gasteiger partial charge in [0, 0.05) is 4.31 Å². The Bertz CT molecular complexity index is 1360. The summed E-state index contributed by atoms with van der Waals surface area (Å²) < 4.78 is 17.0. The summed E-state index contributed by atoms with van der Waals surface area (Å²) in [6.45, 7) is 12.7. The smallest absolute Gasteiger partial charge is 0.603 e. The van der Waals surface area contributed by atoms with Crippen LogP contribution in [0, 0.1) is 23.2 Å². The molecule has 2 saturated carbocycles. The van der Waals surface area contributed by atoms with Gasteiger partial charge in [-0.25, -0.2) is 0 Å². The molecule has 0 aliphatic heterocycles. The molecule has 0 bridgehead atoms. The molecule has 3 aliphatic rings. The van der Waals surface area contributed by atoms with Crippen molar-refractivity contribution in [3.63, 3.8) is 0 Å². The topological polar surface area (TPSA) is 245 Å². The highest BCUT2D eigenvalue weighted by Gasteiger charge is 2.58. The van der Waals surface area contributed by atoms with Crippen LogP contribution in [0.3, 0.4) is 0 Å². The zero-order chi connectivity index (χ0) is 40.8. The molecule has 54 heavy (non-hydrogen) atoms. The van der Waals surface area contributed by atoms with Gasteiger partial charge >= 0.3 is 32.7 Å². The molecule has 0 spiro atoms. The van der Waals surface area contributed by atoms with Crippen molar-refractivity contribution in [3.05, 3.63) is 70.6 Å². The second-order valence-electron chi connectivity index (χ2n) is 15.3. The fourth-order valence-electron chi connectivity index (χ4n) is 7.43. The van der Waals surface area contributed by atoms with Crippen molar-refractivity contribution in [1.29, 1.82) is 0 Å². The summed E-state index contributed by atoms with van der Waals surface area (Å²) in [5, 5.41) is 0. The predicted octanol–water partition coefficient (Wildman–Crippen LogP) is 7.62. The van der Waals surface area contributed by atoms with Gasteiger partial charge in [0.1, 0.15) is 10.9 Å². The molecule has 0 aromatic heterocycles. The Morgan fingerprint density at radius 2 is 1.44 bits per heavy atom. The lowest BCUT2D eigenvalue weighted by molar-refractivity contribution is -0.260. The van der Waals surface area contributed by atoms with E-state index in [-0.39, 0.29) is 6.61 Å². The van der Waals surface area contributed by atoms with Gasteiger partial charge in [-0.1, -0.05) is 79.0 Å². The molecular formula is C36H64O14P4+2. The Morgan fingerprint density at radius 3 is 2.09 bits per heavy atom. The second kappa shape index (κ2) is 22.6. The second-order valence-corrected chi connectivity index (χ2v) is 21.0. The monoisotopic (exact) mass is 844 g/mol. The first-order valence-corrected chi connectivity index (χ1v) is 24.5. The quantitative estimate of drug-likeness (QED) is 0.0286. The molecule has 2 unspecified atom stereocenters. The fraction of sp³-hybridized carbons (Fsp3) is 0.667. The van der Waals surface area contributed by atoms with E-state index in [0.717, 1.165) is 80.8 Å². The van der Waals surface area contributed by atoms with E-state index < -0.39 is 32.7 Å². The highest BCUT2D eigenvalue weighted by molar-refractivity contribution is 7.67. The highest BCUT2D eigenvalue weighted by atomic mass is 31.3. The lowest BCUT2D eigenvalue weighted by Crippen LogP contribution is -2.42. The minimum Gasteiger partial charge on any atom is -0.603 e. The van der Waals surface area contributed by atoms with Crippen LogP contribution in [0.2, 0.25) is 0 Å². The van der Waals surface area contributed by atoms with Crippen molar-refractivity contribution in [2.24, 2.45) is 23.2 Å². The first-order chi connectivity index (χ1) is 24.9. The van der Waals surface area contributed by atoms with Crippen LogP contribution >= 0.6 is 32.7 Å². The van der Waals surface area contributed by atoms with Crippen molar-refractivity contribution in [2.45, 2.75) is 125 Å². The van der Waals surface area contributed by atoms with Crippen LogP contribution in [0.25, 0.3) is 0 Å². The first-order valence-electron chi connectivity index (χ1n) is 18.4. The molecule has 0 saturated heterocycles. The largest absolute Gasteiger partial charge is 0.663 e. The summed E-state index contributed by atoms with van der Waals surface area (Å²) in [5.41, 5.74) is 6.24. The molecule has 310 valence electrons. The maximum atomic E-state index is 11.3. The number of phosphoric ester groups is 1. The van der Waals surface area contributed by atoms with Gasteiger partial charge < -0.3 is 9.79 Å². The number of fused-ring (bicyclic) bond motifs is 3. The number of unbranched alkanes of at least 4 members (excludes halogenated alkanes) is 1. The van der Waals surface area contributed by atoms with Crippen molar-refractivity contribution in [3.8, 4) is 0 Å². The molecule has 8 N–H and O–H groups in total. The lowest BCUT2D eigenvalue weighted by Gasteiger charge is -2.52. The average Bonchev–Trinajstić information content (AvgIpc) is 3.01. The summed E-state index contributed by atoms with van der Waals surface area (Å²) in [4.78, 5) is 93.5. The Balaban J connectivity index is 0.000000374. The molecular weight excluding hydrogens is 780 g/mol. The maximum absolute atomic E-state index is 11.3. The normalized spacial score (nSPS) is 24.2. The van der Waals surface area contributed by atoms with Crippen molar-refractivity contribution in [1.82, 2.24) is 0 Å². The van der Waals surface area contributed by atoms with Gasteiger partial charge in [0.25, 0.3) is 0 Å². The Hall–Kier alpha value is -0.560. The van der Waals surface area contributed by atoms with Crippen molar-refractivity contribution in [2.75, 3.05) is 6.61 Å². The molecule has 3 aliphatic carbocycles. The molecule has 0 aromatic carbocycles. The van der Waals surface area contributed by atoms with Gasteiger partial charge in [0.05, 0.1) is 0 Å². The molecule has 14 nitrogen and oxygen atoms in total. The van der Waals surface area contributed by atoms with Crippen LogP contribution in [0.15, 0.2) is 70.6 Å². The van der Waals surface area contributed by atoms with Crippen LogP contribution in [-0.4, -0.2) is 45.8 Å². The molecule has 3 rings (SSSR count). The summed E-state index contributed by atoms with van der Waals surface area (Å²) in [5.74, 6) is 2.10. The maximum Gasteiger partial charge on any atom is 0.663 e. The molecule has 0 aromatic rings. The number of allylic oxidation sites excluding steroid dienone is 10. The molecule has 0 heterocycles. The minimum absolute atomic E-state index is 0.264. The van der Waals surface area contributed by atoms with Gasteiger partial charge in [-0.2, -0.15) is 43.7 Å². The third-order valence-corrected chi connectivity index (χ3v) is 14.2. The van der Waals surface area contributed by atoms with Crippen LogP contribution in [-0.2, 0) is 17.7 Å². The zero-order valence-electron chi connectivity index (χ0n) is 32.5. The van der Waals surface area contributed by atoms with E-state index >= 15 is 0 Å². The Morgan fingerprint density at radius 1 is 0.796 bits per heavy atom. The highest BCUT2D eigenvalue weighted by Crippen LogP contribution is 2.67. The summed E-state index contributed by atoms with van der Waals surface area (Å²) >= 11 is 0. The van der Waals surface area contributed by atoms with E-state index in [9.17, 15) is 19.6 Å². The third kappa shape index (κ3) is 20.7. The summed E-state index contributed by atoms with van der Waals surface area (Å²) in [7, 11) is -19.1. The van der Waals surface area contributed by atoms with E-state index in [1.54, 1.807) is 6.08 Å². The lowest BCUT2D eigenvalue weighted by atomic mass is 9.53. The molecule has 0 radical (unpaired) electrons. The van der Waals surface area contributed by atoms with E-state index in [1.807, 2.05) is 6.92 Å². The van der Waals surface area contributed by atoms with Crippen molar-refractivity contribution < 1.29 is 66.6 Å². The van der Waals surface area contributed by atoms with E-state index in [1.165, 1.54) is 48.7 Å². The van der Waals surface area contributed by atoms with E-state index in [4.69, 9.17) is 33.9 Å². The zero-order valence-corrected chi connectivity index (χ0v) is 36.1. The SMILES string of the molecule is CC(C)=CCC/C=C/CC/C(C)=C/CC/C(C)=C/CO[P+]([O-])(O)O[P+]([O-])(O)O.CC1(C)CCCC2[C@@H]3CC/C(=C/O[P+](O)(O)O[P+](O)(O)O)C=C3CC[C@@H]21. The first kappa shape index (κ1) is 49.6. The van der Waals surface area contributed by atoms with Gasteiger partial charge in [0.15, 0.2) is 6.26 Å². The predicted molar refractivity (Wildman–Crippen MR) is 211 cm³/mol. The van der Waals surface area contributed by atoms with Crippen LogP contribution in [0.1, 0.15) is 125 Å². The average molecular weight is 845 g/mol. The van der Waals surface area contributed by atoms with Gasteiger partial charge in [0.2, 0.25) is 0 Å². The number of phosphoric acid groups is 2. The Kier molecular flexibility index (Phi) is 20.7. The van der Waals surface area contributed by atoms with Crippen LogP contribution in [0.5, 0.6) is 0 Å². The van der Waals surface area contributed by atoms with Gasteiger partial charge in [-0.3, -0.25) is 4.52 Å². The van der Waals surface area contributed by atoms with Crippen LogP contribution in [0.4, 0.5) is 0 Å². The fourth-order valence-corrected chi connectivity index (χ4v) is 10.5. The van der Waals surface area contributed by atoms with Crippen LogP contribution < -0.4 is 9.79 Å². The number of rotatable bonds is 18. The van der Waals surface area contributed by atoms with Crippen molar-refractivity contribution >= 4 is 32.7 Å². The summed E-state index contributed by atoms with van der Waals surface area (Å²) in [6, 6.07) is 0. The molecule has 4 atom stereocenters. The third-order valence-electron chi connectivity index (χ3n) is 9.96. The van der Waals surface area contributed by atoms with E-state index in [2.05, 4.69) is 78.1 Å². The Labute approximate surface area is 323 Å². The molecule has 18 heteroatoms. The van der Waals surface area contributed by atoms with E-state index in [0.29, 0.717) is 11.3 Å². The van der Waals surface area contributed by atoms with Gasteiger partial charge in [-0.05, 0) is 133 Å². The number of hydrogen-bond donors (Lipinski definition) is 8. The van der Waals surface area contributed by atoms with Gasteiger partial charge in [-0.15, -0.1) is 0 Å². The minimum atomic E-state index is -5.08. The molecule has 0 amide bonds. The molecule has 2 fully saturated rings. The number of hydrogen-bond acceptors (Lipinski definition) is 14.